The number of nitrogen functional groups attached to an aromatic ring is 1. The van der Waals surface area contributed by atoms with Gasteiger partial charge in [0.25, 0.3) is 0 Å². The normalized spacial score (nSPS) is 11.2. The molecule has 0 aliphatic carbocycles. The summed E-state index contributed by atoms with van der Waals surface area (Å²) in [6, 6.07) is 13.3. The van der Waals surface area contributed by atoms with Gasteiger partial charge in [0, 0.05) is 18.7 Å². The Kier molecular flexibility index (Phi) is 12.1. The molecule has 32 heavy (non-hydrogen) atoms. The van der Waals surface area contributed by atoms with Crippen LogP contribution in [0.15, 0.2) is 54.9 Å². The highest BCUT2D eigenvalue weighted by atomic mass is 19.1. The lowest BCUT2D eigenvalue weighted by atomic mass is 9.98. The van der Waals surface area contributed by atoms with Crippen LogP contribution in [0.25, 0.3) is 22.4 Å². The SMILES string of the molecule is CNC(CO)CC(C)C.CO.Cc1ccccc1-c1ccc(-c2cnc(N)cn2)c(F)c1. The summed E-state index contributed by atoms with van der Waals surface area (Å²) in [5.74, 6) is 0.653. The standard InChI is InChI=1S/C17H14FN3.C7H17NO.CH4O/c1-11-4-2-3-5-13(11)12-6-7-14(15(18)8-12)16-9-21-17(19)10-20-16;1-6(2)4-7(5-9)8-3;1-2/h2-10H,1H3,(H2,19,21);6-9H,4-5H2,1-3H3;2H,1H3. The fraction of sp³-hybridized carbons (Fsp3) is 0.360. The van der Waals surface area contributed by atoms with E-state index in [1.165, 1.54) is 18.5 Å². The predicted molar refractivity (Wildman–Crippen MR) is 130 cm³/mol. The molecule has 3 aromatic rings. The van der Waals surface area contributed by atoms with Crippen LogP contribution in [-0.4, -0.2) is 47.0 Å². The zero-order chi connectivity index (χ0) is 24.1. The van der Waals surface area contributed by atoms with Gasteiger partial charge in [-0.25, -0.2) is 9.37 Å². The highest BCUT2D eigenvalue weighted by Gasteiger charge is 2.10. The molecule has 174 valence electrons. The molecular formula is C25H35FN4O2. The number of halogens is 1. The van der Waals surface area contributed by atoms with E-state index in [1.54, 1.807) is 6.07 Å². The number of benzene rings is 2. The number of aliphatic hydroxyl groups excluding tert-OH is 2. The van der Waals surface area contributed by atoms with Crippen LogP contribution >= 0.6 is 0 Å². The van der Waals surface area contributed by atoms with Crippen LogP contribution in [0.4, 0.5) is 10.2 Å². The molecule has 0 aliphatic heterocycles. The van der Waals surface area contributed by atoms with Crippen molar-refractivity contribution in [2.75, 3.05) is 26.5 Å². The number of likely N-dealkylation sites (N-methyl/N-ethyl adjacent to an activating group) is 1. The number of nitrogens with zero attached hydrogens (tertiary/aromatic N) is 2. The summed E-state index contributed by atoms with van der Waals surface area (Å²) in [5.41, 5.74) is 9.35. The Labute approximate surface area is 190 Å². The van der Waals surface area contributed by atoms with E-state index < -0.39 is 0 Å². The molecule has 5 N–H and O–H groups in total. The van der Waals surface area contributed by atoms with Gasteiger partial charge in [-0.2, -0.15) is 0 Å². The second-order valence-electron chi connectivity index (χ2n) is 7.63. The maximum Gasteiger partial charge on any atom is 0.141 e. The molecule has 0 spiro atoms. The number of anilines is 1. The maximum absolute atomic E-state index is 14.4. The molecule has 0 aliphatic rings. The first-order valence-corrected chi connectivity index (χ1v) is 10.5. The van der Waals surface area contributed by atoms with E-state index in [9.17, 15) is 4.39 Å². The van der Waals surface area contributed by atoms with Gasteiger partial charge < -0.3 is 21.3 Å². The van der Waals surface area contributed by atoms with Gasteiger partial charge in [-0.15, -0.1) is 0 Å². The third-order valence-corrected chi connectivity index (χ3v) is 4.76. The second-order valence-corrected chi connectivity index (χ2v) is 7.63. The van der Waals surface area contributed by atoms with Crippen LogP contribution in [0.3, 0.4) is 0 Å². The molecule has 0 saturated heterocycles. The molecule has 0 amide bonds. The molecule has 0 radical (unpaired) electrons. The Balaban J connectivity index is 0.000000396. The molecule has 7 heteroatoms. The number of aromatic nitrogens is 2. The summed E-state index contributed by atoms with van der Waals surface area (Å²) in [5, 5.41) is 18.7. The Morgan fingerprint density at radius 3 is 2.19 bits per heavy atom. The van der Waals surface area contributed by atoms with Crippen molar-refractivity contribution in [3.8, 4) is 22.4 Å². The van der Waals surface area contributed by atoms with E-state index in [0.717, 1.165) is 30.2 Å². The van der Waals surface area contributed by atoms with Crippen LogP contribution in [0, 0.1) is 18.7 Å². The van der Waals surface area contributed by atoms with Crippen molar-refractivity contribution in [1.29, 1.82) is 0 Å². The smallest absolute Gasteiger partial charge is 0.141 e. The van der Waals surface area contributed by atoms with E-state index >= 15 is 0 Å². The van der Waals surface area contributed by atoms with Crippen molar-refractivity contribution in [2.45, 2.75) is 33.2 Å². The average Bonchev–Trinajstić information content (AvgIpc) is 2.80. The number of aliphatic hydroxyl groups is 2. The minimum absolute atomic E-state index is 0.245. The van der Waals surface area contributed by atoms with Gasteiger partial charge in [0.1, 0.15) is 11.6 Å². The Hall–Kier alpha value is -2.87. The Morgan fingerprint density at radius 2 is 1.72 bits per heavy atom. The first-order chi connectivity index (χ1) is 15.3. The third-order valence-electron chi connectivity index (χ3n) is 4.76. The van der Waals surface area contributed by atoms with Crippen molar-refractivity contribution in [3.05, 3.63) is 66.2 Å². The molecule has 1 heterocycles. The minimum atomic E-state index is -0.324. The van der Waals surface area contributed by atoms with Crippen LogP contribution in [0.1, 0.15) is 25.8 Å². The number of rotatable bonds is 6. The molecular weight excluding hydrogens is 407 g/mol. The summed E-state index contributed by atoms with van der Waals surface area (Å²) >= 11 is 0. The molecule has 6 nitrogen and oxygen atoms in total. The highest BCUT2D eigenvalue weighted by Crippen LogP contribution is 2.28. The first-order valence-electron chi connectivity index (χ1n) is 10.5. The van der Waals surface area contributed by atoms with Gasteiger partial charge in [0.2, 0.25) is 0 Å². The maximum atomic E-state index is 14.4. The summed E-state index contributed by atoms with van der Waals surface area (Å²) in [6.07, 6.45) is 3.94. The number of hydrogen-bond acceptors (Lipinski definition) is 6. The van der Waals surface area contributed by atoms with Gasteiger partial charge in [-0.05, 0) is 55.1 Å². The molecule has 2 aromatic carbocycles. The van der Waals surface area contributed by atoms with E-state index in [2.05, 4.69) is 29.1 Å². The molecule has 0 bridgehead atoms. The van der Waals surface area contributed by atoms with Gasteiger partial charge in [-0.3, -0.25) is 4.98 Å². The molecule has 1 aromatic heterocycles. The average molecular weight is 443 g/mol. The van der Waals surface area contributed by atoms with Crippen LogP contribution in [0.5, 0.6) is 0 Å². The number of aryl methyl sites for hydroxylation is 1. The van der Waals surface area contributed by atoms with Crippen LogP contribution in [-0.2, 0) is 0 Å². The topological polar surface area (TPSA) is 104 Å². The van der Waals surface area contributed by atoms with Gasteiger partial charge in [0.05, 0.1) is 24.7 Å². The fourth-order valence-corrected chi connectivity index (χ4v) is 3.12. The second kappa shape index (κ2) is 14.2. The largest absolute Gasteiger partial charge is 0.400 e. The van der Waals surface area contributed by atoms with Crippen LogP contribution < -0.4 is 11.1 Å². The predicted octanol–water partition coefficient (Wildman–Crippen LogP) is 4.06. The summed E-state index contributed by atoms with van der Waals surface area (Å²) < 4.78 is 14.4. The lowest BCUT2D eigenvalue weighted by Gasteiger charge is -2.14. The number of nitrogens with two attached hydrogens (primary N) is 1. The summed E-state index contributed by atoms with van der Waals surface area (Å²) in [6.45, 7) is 6.56. The molecule has 3 rings (SSSR count). The molecule has 0 saturated carbocycles. The zero-order valence-corrected chi connectivity index (χ0v) is 19.5. The lowest BCUT2D eigenvalue weighted by molar-refractivity contribution is 0.231. The van der Waals surface area contributed by atoms with Crippen molar-refractivity contribution in [3.63, 3.8) is 0 Å². The van der Waals surface area contributed by atoms with E-state index in [0.29, 0.717) is 23.0 Å². The van der Waals surface area contributed by atoms with Crippen molar-refractivity contribution < 1.29 is 14.6 Å². The monoisotopic (exact) mass is 442 g/mol. The van der Waals surface area contributed by atoms with E-state index in [1.807, 2.05) is 44.3 Å². The van der Waals surface area contributed by atoms with Crippen molar-refractivity contribution in [1.82, 2.24) is 15.3 Å². The van der Waals surface area contributed by atoms with Crippen LogP contribution in [0.2, 0.25) is 0 Å². The fourth-order valence-electron chi connectivity index (χ4n) is 3.12. The van der Waals surface area contributed by atoms with E-state index in [-0.39, 0.29) is 18.5 Å². The zero-order valence-electron chi connectivity index (χ0n) is 19.5. The third kappa shape index (κ3) is 8.34. The number of nitrogens with one attached hydrogen (secondary N) is 1. The Morgan fingerprint density at radius 1 is 1.03 bits per heavy atom. The van der Waals surface area contributed by atoms with Gasteiger partial charge in [0.15, 0.2) is 0 Å². The summed E-state index contributed by atoms with van der Waals surface area (Å²) in [4.78, 5) is 8.04. The van der Waals surface area contributed by atoms with Gasteiger partial charge >= 0.3 is 0 Å². The van der Waals surface area contributed by atoms with Crippen molar-refractivity contribution in [2.24, 2.45) is 5.92 Å². The highest BCUT2D eigenvalue weighted by molar-refractivity contribution is 5.71. The molecule has 1 atom stereocenters. The first kappa shape index (κ1) is 27.2. The number of hydrogen-bond donors (Lipinski definition) is 4. The quantitative estimate of drug-likeness (QED) is 0.459. The molecule has 0 fully saturated rings. The molecule has 1 unspecified atom stereocenters. The minimum Gasteiger partial charge on any atom is -0.400 e. The van der Waals surface area contributed by atoms with Gasteiger partial charge in [-0.1, -0.05) is 44.2 Å². The summed E-state index contributed by atoms with van der Waals surface area (Å²) in [7, 11) is 2.88. The lowest BCUT2D eigenvalue weighted by Crippen LogP contribution is -2.30. The Bertz CT molecular complexity index is 929. The van der Waals surface area contributed by atoms with Crippen molar-refractivity contribution >= 4 is 5.82 Å². The van der Waals surface area contributed by atoms with E-state index in [4.69, 9.17) is 15.9 Å².